The number of rotatable bonds is 6. The van der Waals surface area contributed by atoms with Gasteiger partial charge in [-0.2, -0.15) is 13.2 Å². The molecule has 1 atom stereocenters. The van der Waals surface area contributed by atoms with E-state index in [9.17, 15) is 18.0 Å². The standard InChI is InChI=1S/C26H29F3N4O2S/c1-25(2,3)18-10-4-5-11-19(18)35-23-16(8-6-12-31-23)14-20-32-21(26(27,28)29)24(36-20)33-13-7-9-17(15-33)22(30)34/h4-6,8,10-12,17H,7,9,13-15H2,1-3H3,(H2,30,34). The zero-order valence-electron chi connectivity index (χ0n) is 20.4. The van der Waals surface area contributed by atoms with Gasteiger partial charge in [0.1, 0.15) is 10.8 Å². The van der Waals surface area contributed by atoms with Crippen LogP contribution in [0, 0.1) is 5.92 Å². The van der Waals surface area contributed by atoms with Crippen molar-refractivity contribution in [3.05, 3.63) is 64.4 Å². The van der Waals surface area contributed by atoms with Crippen LogP contribution < -0.4 is 15.4 Å². The Morgan fingerprint density at radius 1 is 1.19 bits per heavy atom. The number of para-hydroxylation sites is 1. The molecule has 6 nitrogen and oxygen atoms in total. The van der Waals surface area contributed by atoms with E-state index in [0.717, 1.165) is 16.9 Å². The Morgan fingerprint density at radius 3 is 2.64 bits per heavy atom. The lowest BCUT2D eigenvalue weighted by atomic mass is 9.86. The number of carbonyl (C=O) groups is 1. The van der Waals surface area contributed by atoms with E-state index in [0.29, 0.717) is 41.6 Å². The van der Waals surface area contributed by atoms with Crippen molar-refractivity contribution in [2.24, 2.45) is 11.7 Å². The van der Waals surface area contributed by atoms with E-state index >= 15 is 0 Å². The molecular formula is C26H29F3N4O2S. The van der Waals surface area contributed by atoms with E-state index < -0.39 is 23.7 Å². The number of carbonyl (C=O) groups excluding carboxylic acids is 1. The summed E-state index contributed by atoms with van der Waals surface area (Å²) in [5.41, 5.74) is 5.95. The van der Waals surface area contributed by atoms with E-state index in [1.165, 1.54) is 0 Å². The van der Waals surface area contributed by atoms with Crippen LogP contribution in [0.4, 0.5) is 18.2 Å². The summed E-state index contributed by atoms with van der Waals surface area (Å²) in [6.45, 7) is 6.80. The van der Waals surface area contributed by atoms with Crippen LogP contribution >= 0.6 is 11.3 Å². The number of anilines is 1. The summed E-state index contributed by atoms with van der Waals surface area (Å²) < 4.78 is 48.0. The zero-order valence-corrected chi connectivity index (χ0v) is 21.2. The third-order valence-electron chi connectivity index (χ3n) is 6.13. The Kier molecular flexibility index (Phi) is 7.26. The van der Waals surface area contributed by atoms with E-state index in [1.807, 2.05) is 24.3 Å². The first-order valence-corrected chi connectivity index (χ1v) is 12.6. The zero-order chi connectivity index (χ0) is 26.1. The van der Waals surface area contributed by atoms with Gasteiger partial charge in [-0.1, -0.05) is 45.0 Å². The fourth-order valence-electron chi connectivity index (χ4n) is 4.32. The minimum absolute atomic E-state index is 0.0212. The van der Waals surface area contributed by atoms with Crippen LogP contribution in [0.25, 0.3) is 0 Å². The average Bonchev–Trinajstić information content (AvgIpc) is 3.25. The van der Waals surface area contributed by atoms with Gasteiger partial charge >= 0.3 is 6.18 Å². The highest BCUT2D eigenvalue weighted by Crippen LogP contribution is 2.42. The number of thiazole rings is 1. The highest BCUT2D eigenvalue weighted by molar-refractivity contribution is 7.16. The van der Waals surface area contributed by atoms with Gasteiger partial charge in [-0.15, -0.1) is 11.3 Å². The summed E-state index contributed by atoms with van der Waals surface area (Å²) in [6.07, 6.45) is -1.74. The fourth-order valence-corrected chi connectivity index (χ4v) is 5.46. The van der Waals surface area contributed by atoms with Crippen molar-refractivity contribution in [3.63, 3.8) is 0 Å². The lowest BCUT2D eigenvalue weighted by Gasteiger charge is -2.32. The summed E-state index contributed by atoms with van der Waals surface area (Å²) in [7, 11) is 0. The van der Waals surface area contributed by atoms with Crippen LogP contribution in [-0.4, -0.2) is 29.0 Å². The number of nitrogens with zero attached hydrogens (tertiary/aromatic N) is 3. The number of halogens is 3. The number of aromatic nitrogens is 2. The van der Waals surface area contributed by atoms with Gasteiger partial charge in [0.2, 0.25) is 11.8 Å². The summed E-state index contributed by atoms with van der Waals surface area (Å²) in [6, 6.07) is 11.1. The fraction of sp³-hybridized carbons (Fsp3) is 0.423. The second kappa shape index (κ2) is 10.1. The molecule has 192 valence electrons. The first kappa shape index (κ1) is 25.9. The van der Waals surface area contributed by atoms with Crippen molar-refractivity contribution in [1.82, 2.24) is 9.97 Å². The van der Waals surface area contributed by atoms with Crippen molar-refractivity contribution in [2.45, 2.75) is 51.6 Å². The van der Waals surface area contributed by atoms with Gasteiger partial charge in [0.05, 0.1) is 10.9 Å². The number of hydrogen-bond acceptors (Lipinski definition) is 6. The minimum Gasteiger partial charge on any atom is -0.438 e. The molecule has 1 aliphatic rings. The van der Waals surface area contributed by atoms with Crippen molar-refractivity contribution in [1.29, 1.82) is 0 Å². The van der Waals surface area contributed by atoms with Gasteiger partial charge in [-0.3, -0.25) is 4.79 Å². The number of amides is 1. The molecule has 2 aromatic heterocycles. The molecule has 3 heterocycles. The summed E-state index contributed by atoms with van der Waals surface area (Å²) in [5.74, 6) is -0.00452. The van der Waals surface area contributed by atoms with Crippen LogP contribution in [0.2, 0.25) is 0 Å². The molecule has 1 aromatic carbocycles. The second-order valence-electron chi connectivity index (χ2n) is 9.94. The van der Waals surface area contributed by atoms with Gasteiger partial charge in [-0.25, -0.2) is 9.97 Å². The summed E-state index contributed by atoms with van der Waals surface area (Å²) >= 11 is 0.983. The average molecular weight is 519 g/mol. The van der Waals surface area contributed by atoms with Crippen LogP contribution in [0.3, 0.4) is 0 Å². The number of pyridine rings is 1. The molecule has 10 heteroatoms. The maximum absolute atomic E-state index is 13.9. The van der Waals surface area contributed by atoms with E-state index in [-0.39, 0.29) is 23.4 Å². The van der Waals surface area contributed by atoms with Gasteiger partial charge in [-0.05, 0) is 30.4 Å². The molecule has 0 bridgehead atoms. The molecule has 2 N–H and O–H groups in total. The quantitative estimate of drug-likeness (QED) is 0.437. The normalized spacial score (nSPS) is 16.7. The second-order valence-corrected chi connectivity index (χ2v) is 11.0. The molecule has 1 aliphatic heterocycles. The Hall–Kier alpha value is -3.14. The minimum atomic E-state index is -4.62. The van der Waals surface area contributed by atoms with Gasteiger partial charge in [0, 0.05) is 36.8 Å². The highest BCUT2D eigenvalue weighted by atomic mass is 32.1. The number of benzene rings is 1. The molecule has 0 radical (unpaired) electrons. The predicted molar refractivity (Wildman–Crippen MR) is 134 cm³/mol. The molecule has 0 spiro atoms. The van der Waals surface area contributed by atoms with Crippen molar-refractivity contribution >= 4 is 22.2 Å². The topological polar surface area (TPSA) is 81.3 Å². The molecule has 1 amide bonds. The first-order valence-electron chi connectivity index (χ1n) is 11.8. The van der Waals surface area contributed by atoms with Crippen LogP contribution in [0.15, 0.2) is 42.6 Å². The first-order chi connectivity index (χ1) is 16.9. The van der Waals surface area contributed by atoms with Gasteiger partial charge in [0.15, 0.2) is 5.69 Å². The summed E-state index contributed by atoms with van der Waals surface area (Å²) in [4.78, 5) is 21.6. The van der Waals surface area contributed by atoms with E-state index in [4.69, 9.17) is 10.5 Å². The molecule has 1 unspecified atom stereocenters. The number of ether oxygens (including phenoxy) is 1. The number of alkyl halides is 3. The molecule has 4 rings (SSSR count). The molecule has 0 aliphatic carbocycles. The molecule has 36 heavy (non-hydrogen) atoms. The maximum atomic E-state index is 13.9. The highest BCUT2D eigenvalue weighted by Gasteiger charge is 2.40. The van der Waals surface area contributed by atoms with Crippen molar-refractivity contribution in [2.75, 3.05) is 18.0 Å². The van der Waals surface area contributed by atoms with Crippen molar-refractivity contribution in [3.8, 4) is 11.6 Å². The molecular weight excluding hydrogens is 489 g/mol. The number of hydrogen-bond donors (Lipinski definition) is 1. The Balaban J connectivity index is 1.65. The molecule has 0 saturated carbocycles. The van der Waals surface area contributed by atoms with Gasteiger partial charge < -0.3 is 15.4 Å². The predicted octanol–water partition coefficient (Wildman–Crippen LogP) is 5.94. The summed E-state index contributed by atoms with van der Waals surface area (Å²) in [5, 5.41) is 0.313. The number of piperidine rings is 1. The monoisotopic (exact) mass is 518 g/mol. The third-order valence-corrected chi connectivity index (χ3v) is 7.24. The van der Waals surface area contributed by atoms with Gasteiger partial charge in [0.25, 0.3) is 0 Å². The van der Waals surface area contributed by atoms with E-state index in [2.05, 4.69) is 30.7 Å². The maximum Gasteiger partial charge on any atom is 0.436 e. The van der Waals surface area contributed by atoms with E-state index in [1.54, 1.807) is 23.2 Å². The van der Waals surface area contributed by atoms with Crippen LogP contribution in [-0.2, 0) is 22.8 Å². The largest absolute Gasteiger partial charge is 0.438 e. The SMILES string of the molecule is CC(C)(C)c1ccccc1Oc1ncccc1Cc1nc(C(F)(F)F)c(N2CCCC(C(N)=O)C2)s1. The lowest BCUT2D eigenvalue weighted by molar-refractivity contribution is -0.140. The van der Waals surface area contributed by atoms with Crippen molar-refractivity contribution < 1.29 is 22.7 Å². The molecule has 1 saturated heterocycles. The van der Waals surface area contributed by atoms with Crippen LogP contribution in [0.5, 0.6) is 11.6 Å². The molecule has 1 fully saturated rings. The van der Waals surface area contributed by atoms with Crippen LogP contribution in [0.1, 0.15) is 55.4 Å². The lowest BCUT2D eigenvalue weighted by Crippen LogP contribution is -2.41. The Bertz CT molecular complexity index is 1240. The number of primary amides is 1. The smallest absolute Gasteiger partial charge is 0.436 e. The Labute approximate surface area is 212 Å². The molecule has 3 aromatic rings. The Morgan fingerprint density at radius 2 is 1.94 bits per heavy atom. The third kappa shape index (κ3) is 5.80. The number of nitrogens with two attached hydrogens (primary N) is 1.